The third-order valence-corrected chi connectivity index (χ3v) is 3.78. The summed E-state index contributed by atoms with van der Waals surface area (Å²) in [5.41, 5.74) is 0.723. The number of nitrogens with one attached hydrogen (secondary N) is 2. The average Bonchev–Trinajstić information content (AvgIpc) is 2.80. The Kier molecular flexibility index (Phi) is 3.25. The molecule has 3 aromatic rings. The molecular formula is C13H8ClN3O2S. The highest BCUT2D eigenvalue weighted by atomic mass is 35.5. The number of benzene rings is 1. The lowest BCUT2D eigenvalue weighted by molar-refractivity contribution is 0.102. The van der Waals surface area contributed by atoms with E-state index in [1.807, 2.05) is 0 Å². The molecular weight excluding hydrogens is 298 g/mol. The molecule has 2 heterocycles. The zero-order chi connectivity index (χ0) is 14.1. The Labute approximate surface area is 122 Å². The molecule has 0 bridgehead atoms. The summed E-state index contributed by atoms with van der Waals surface area (Å²) in [6, 6.07) is 8.08. The third kappa shape index (κ3) is 2.56. The van der Waals surface area contributed by atoms with Crippen LogP contribution in [-0.2, 0) is 0 Å². The van der Waals surface area contributed by atoms with Crippen LogP contribution in [0, 0.1) is 0 Å². The first kappa shape index (κ1) is 12.8. The number of carbonyl (C=O) groups excluding carboxylic acids is 1. The van der Waals surface area contributed by atoms with Gasteiger partial charge in [0.1, 0.15) is 0 Å². The van der Waals surface area contributed by atoms with Gasteiger partial charge in [0, 0.05) is 22.8 Å². The number of anilines is 1. The Morgan fingerprint density at radius 2 is 2.15 bits per heavy atom. The molecule has 0 aliphatic rings. The summed E-state index contributed by atoms with van der Waals surface area (Å²) in [5, 5.41) is 3.75. The van der Waals surface area contributed by atoms with Gasteiger partial charge in [-0.15, -0.1) is 0 Å². The van der Waals surface area contributed by atoms with Crippen molar-refractivity contribution >= 4 is 44.2 Å². The highest BCUT2D eigenvalue weighted by Crippen LogP contribution is 2.28. The second kappa shape index (κ2) is 5.07. The Morgan fingerprint density at radius 1 is 1.30 bits per heavy atom. The minimum absolute atomic E-state index is 0.283. The van der Waals surface area contributed by atoms with Gasteiger partial charge in [-0.1, -0.05) is 22.9 Å². The molecule has 0 saturated carbocycles. The van der Waals surface area contributed by atoms with E-state index in [1.165, 1.54) is 29.7 Å². The van der Waals surface area contributed by atoms with E-state index in [1.54, 1.807) is 18.2 Å². The number of nitrogens with zero attached hydrogens (tertiary/aromatic N) is 1. The first-order valence-electron chi connectivity index (χ1n) is 5.68. The number of halogens is 1. The largest absolute Gasteiger partial charge is 0.329 e. The van der Waals surface area contributed by atoms with Crippen molar-refractivity contribution in [3.8, 4) is 0 Å². The Bertz CT molecular complexity index is 856. The number of hydrogen-bond acceptors (Lipinski definition) is 4. The highest BCUT2D eigenvalue weighted by Gasteiger charge is 2.10. The lowest BCUT2D eigenvalue weighted by Crippen LogP contribution is -2.15. The molecule has 5 nitrogen and oxygen atoms in total. The molecule has 1 aromatic carbocycles. The lowest BCUT2D eigenvalue weighted by atomic mass is 10.2. The fraction of sp³-hybridized carbons (Fsp3) is 0. The van der Waals surface area contributed by atoms with E-state index in [9.17, 15) is 9.59 Å². The van der Waals surface area contributed by atoms with Crippen LogP contribution >= 0.6 is 22.9 Å². The number of aromatic amines is 1. The van der Waals surface area contributed by atoms with Crippen molar-refractivity contribution in [3.63, 3.8) is 0 Å². The van der Waals surface area contributed by atoms with E-state index < -0.39 is 0 Å². The number of H-pyrrole nitrogens is 1. The molecule has 0 fully saturated rings. The molecule has 0 saturated heterocycles. The molecule has 0 aliphatic carbocycles. The van der Waals surface area contributed by atoms with Gasteiger partial charge in [-0.3, -0.25) is 14.9 Å². The van der Waals surface area contributed by atoms with Crippen LogP contribution in [0.1, 0.15) is 10.4 Å². The summed E-state index contributed by atoms with van der Waals surface area (Å²) in [5.74, 6) is -0.374. The maximum atomic E-state index is 12.0. The van der Waals surface area contributed by atoms with E-state index in [4.69, 9.17) is 11.6 Å². The van der Waals surface area contributed by atoms with Crippen LogP contribution in [-0.4, -0.2) is 15.9 Å². The number of hydrogen-bond donors (Lipinski definition) is 2. The van der Waals surface area contributed by atoms with Crippen molar-refractivity contribution in [2.45, 2.75) is 0 Å². The van der Waals surface area contributed by atoms with E-state index in [0.717, 1.165) is 10.2 Å². The van der Waals surface area contributed by atoms with Gasteiger partial charge in [0.15, 0.2) is 5.13 Å². The molecule has 3 rings (SSSR count). The first-order chi connectivity index (χ1) is 9.61. The highest BCUT2D eigenvalue weighted by molar-refractivity contribution is 7.22. The molecule has 0 unspecified atom stereocenters. The summed E-state index contributed by atoms with van der Waals surface area (Å²) in [6.07, 6.45) is 1.43. The summed E-state index contributed by atoms with van der Waals surface area (Å²) in [7, 11) is 0. The Morgan fingerprint density at radius 3 is 2.95 bits per heavy atom. The van der Waals surface area contributed by atoms with Crippen molar-refractivity contribution in [3.05, 3.63) is 57.5 Å². The SMILES string of the molecule is O=C(Nc1nc2ccc(Cl)cc2s1)c1cc[nH]c(=O)c1. The molecule has 2 N–H and O–H groups in total. The Balaban J connectivity index is 1.89. The van der Waals surface area contributed by atoms with Crippen molar-refractivity contribution in [1.82, 2.24) is 9.97 Å². The van der Waals surface area contributed by atoms with E-state index >= 15 is 0 Å². The summed E-state index contributed by atoms with van der Waals surface area (Å²) >= 11 is 7.23. The van der Waals surface area contributed by atoms with Gasteiger partial charge < -0.3 is 4.98 Å². The van der Waals surface area contributed by atoms with Crippen LogP contribution < -0.4 is 10.9 Å². The fourth-order valence-electron chi connectivity index (χ4n) is 1.71. The standard InChI is InChI=1S/C13H8ClN3O2S/c14-8-1-2-9-10(6-8)20-13(16-9)17-12(19)7-3-4-15-11(18)5-7/h1-6H,(H,15,18)(H,16,17,19). The van der Waals surface area contributed by atoms with Gasteiger partial charge in [-0.2, -0.15) is 0 Å². The number of fused-ring (bicyclic) bond motifs is 1. The van der Waals surface area contributed by atoms with Crippen LogP contribution in [0.25, 0.3) is 10.2 Å². The topological polar surface area (TPSA) is 74.8 Å². The van der Waals surface area contributed by atoms with E-state index in [0.29, 0.717) is 10.2 Å². The lowest BCUT2D eigenvalue weighted by Gasteiger charge is -1.99. The van der Waals surface area contributed by atoms with E-state index in [-0.39, 0.29) is 17.0 Å². The maximum Gasteiger partial charge on any atom is 0.257 e. The zero-order valence-electron chi connectivity index (χ0n) is 10.0. The summed E-state index contributed by atoms with van der Waals surface area (Å²) in [4.78, 5) is 29.9. The van der Waals surface area contributed by atoms with Gasteiger partial charge in [-0.05, 0) is 24.3 Å². The third-order valence-electron chi connectivity index (χ3n) is 2.61. The molecule has 0 aliphatic heterocycles. The maximum absolute atomic E-state index is 12.0. The molecule has 0 spiro atoms. The number of rotatable bonds is 2. The summed E-state index contributed by atoms with van der Waals surface area (Å²) < 4.78 is 0.888. The fourth-order valence-corrected chi connectivity index (χ4v) is 2.84. The van der Waals surface area contributed by atoms with Crippen LogP contribution in [0.2, 0.25) is 5.02 Å². The molecule has 20 heavy (non-hydrogen) atoms. The van der Waals surface area contributed by atoms with Gasteiger partial charge in [0.05, 0.1) is 10.2 Å². The number of amides is 1. The average molecular weight is 306 g/mol. The number of thiazole rings is 1. The zero-order valence-corrected chi connectivity index (χ0v) is 11.6. The van der Waals surface area contributed by atoms with Gasteiger partial charge in [-0.25, -0.2) is 4.98 Å². The van der Waals surface area contributed by atoms with Crippen molar-refractivity contribution < 1.29 is 4.79 Å². The van der Waals surface area contributed by atoms with Crippen molar-refractivity contribution in [1.29, 1.82) is 0 Å². The van der Waals surface area contributed by atoms with Crippen LogP contribution in [0.5, 0.6) is 0 Å². The van der Waals surface area contributed by atoms with Crippen LogP contribution in [0.15, 0.2) is 41.3 Å². The molecule has 2 aromatic heterocycles. The van der Waals surface area contributed by atoms with Gasteiger partial charge in [0.2, 0.25) is 5.56 Å². The van der Waals surface area contributed by atoms with E-state index in [2.05, 4.69) is 15.3 Å². The second-order valence-electron chi connectivity index (χ2n) is 4.03. The van der Waals surface area contributed by atoms with Gasteiger partial charge in [0.25, 0.3) is 5.91 Å². The van der Waals surface area contributed by atoms with Crippen molar-refractivity contribution in [2.75, 3.05) is 5.32 Å². The Hall–Kier alpha value is -2.18. The van der Waals surface area contributed by atoms with Crippen molar-refractivity contribution in [2.24, 2.45) is 0 Å². The number of carbonyl (C=O) groups is 1. The minimum Gasteiger partial charge on any atom is -0.329 e. The summed E-state index contributed by atoms with van der Waals surface area (Å²) in [6.45, 7) is 0. The normalized spacial score (nSPS) is 10.7. The molecule has 100 valence electrons. The molecule has 0 radical (unpaired) electrons. The van der Waals surface area contributed by atoms with Crippen LogP contribution in [0.3, 0.4) is 0 Å². The van der Waals surface area contributed by atoms with Crippen LogP contribution in [0.4, 0.5) is 5.13 Å². The molecule has 0 atom stereocenters. The monoisotopic (exact) mass is 305 g/mol. The molecule has 7 heteroatoms. The molecule has 1 amide bonds. The second-order valence-corrected chi connectivity index (χ2v) is 5.49. The first-order valence-corrected chi connectivity index (χ1v) is 6.87. The number of pyridine rings is 1. The smallest absolute Gasteiger partial charge is 0.257 e. The minimum atomic E-state index is -0.374. The predicted octanol–water partition coefficient (Wildman–Crippen LogP) is 2.89. The van der Waals surface area contributed by atoms with Gasteiger partial charge >= 0.3 is 0 Å². The number of aromatic nitrogens is 2. The predicted molar refractivity (Wildman–Crippen MR) is 79.6 cm³/mol. The quantitative estimate of drug-likeness (QED) is 0.764.